The van der Waals surface area contributed by atoms with Crippen molar-refractivity contribution >= 4 is 20.1 Å². The number of ketones is 1. The quantitative estimate of drug-likeness (QED) is 0.427. The van der Waals surface area contributed by atoms with E-state index in [0.29, 0.717) is 6.42 Å². The van der Waals surface area contributed by atoms with Gasteiger partial charge in [0.25, 0.3) is 0 Å². The van der Waals surface area contributed by atoms with E-state index >= 15 is 0 Å². The Balaban J connectivity index is 2.51. The fourth-order valence-electron chi connectivity index (χ4n) is 1.71. The normalized spacial score (nSPS) is 11.9. The number of esters is 1. The van der Waals surface area contributed by atoms with Crippen molar-refractivity contribution in [2.45, 2.75) is 58.7 Å². The Labute approximate surface area is 140 Å². The molecule has 0 saturated carbocycles. The summed E-state index contributed by atoms with van der Waals surface area (Å²) in [6.07, 6.45) is 0.476. The van der Waals surface area contributed by atoms with Crippen LogP contribution in [0.1, 0.15) is 39.7 Å². The molecule has 0 fully saturated rings. The van der Waals surface area contributed by atoms with Gasteiger partial charge in [-0.1, -0.05) is 32.9 Å². The molecule has 0 spiro atoms. The van der Waals surface area contributed by atoms with Crippen molar-refractivity contribution in [3.8, 4) is 5.75 Å². The zero-order valence-electron chi connectivity index (χ0n) is 15.1. The summed E-state index contributed by atoms with van der Waals surface area (Å²) < 4.78 is 11.3. The number of rotatable bonds is 7. The summed E-state index contributed by atoms with van der Waals surface area (Å²) in [5.74, 6) is 0.242. The predicted molar refractivity (Wildman–Crippen MR) is 94.2 cm³/mol. The summed E-state index contributed by atoms with van der Waals surface area (Å²) in [7, 11) is -1.82. The van der Waals surface area contributed by atoms with Crippen molar-refractivity contribution in [2.75, 3.05) is 6.61 Å². The minimum atomic E-state index is -1.82. The second kappa shape index (κ2) is 7.77. The second-order valence-corrected chi connectivity index (χ2v) is 12.1. The number of benzene rings is 1. The van der Waals surface area contributed by atoms with Gasteiger partial charge in [0, 0.05) is 6.42 Å². The molecule has 5 heteroatoms. The van der Waals surface area contributed by atoms with Crippen LogP contribution in [0, 0.1) is 0 Å². The topological polar surface area (TPSA) is 52.6 Å². The number of carbonyl (C=O) groups is 2. The van der Waals surface area contributed by atoms with E-state index in [2.05, 4.69) is 33.9 Å². The molecule has 0 N–H and O–H groups in total. The average molecular weight is 337 g/mol. The fourth-order valence-corrected chi connectivity index (χ4v) is 2.74. The number of hydrogen-bond donors (Lipinski definition) is 0. The third kappa shape index (κ3) is 6.56. The van der Waals surface area contributed by atoms with Crippen LogP contribution >= 0.6 is 0 Å². The number of ether oxygens (including phenoxy) is 1. The molecule has 1 aromatic carbocycles. The van der Waals surface area contributed by atoms with Crippen molar-refractivity contribution in [2.24, 2.45) is 0 Å². The fraction of sp³-hybridized carbons (Fsp3) is 0.556. The molecule has 0 aliphatic heterocycles. The molecular formula is C18H28O4Si. The van der Waals surface area contributed by atoms with Crippen LogP contribution in [0.3, 0.4) is 0 Å². The van der Waals surface area contributed by atoms with Gasteiger partial charge in [-0.25, -0.2) is 0 Å². The molecule has 0 atom stereocenters. The van der Waals surface area contributed by atoms with Crippen molar-refractivity contribution in [1.82, 2.24) is 0 Å². The first kappa shape index (κ1) is 19.4. The minimum Gasteiger partial charge on any atom is -0.544 e. The van der Waals surface area contributed by atoms with Crippen LogP contribution in [-0.4, -0.2) is 26.7 Å². The molecule has 0 bridgehead atoms. The highest BCUT2D eigenvalue weighted by Crippen LogP contribution is 2.37. The van der Waals surface area contributed by atoms with Crippen LogP contribution in [0.15, 0.2) is 24.3 Å². The minimum absolute atomic E-state index is 0.153. The Morgan fingerprint density at radius 2 is 1.65 bits per heavy atom. The maximum absolute atomic E-state index is 11.3. The van der Waals surface area contributed by atoms with Crippen molar-refractivity contribution in [3.63, 3.8) is 0 Å². The molecule has 0 radical (unpaired) electrons. The highest BCUT2D eigenvalue weighted by atomic mass is 28.4. The van der Waals surface area contributed by atoms with Crippen LogP contribution in [0.4, 0.5) is 0 Å². The van der Waals surface area contributed by atoms with Crippen molar-refractivity contribution in [3.05, 3.63) is 29.8 Å². The number of hydrogen-bond acceptors (Lipinski definition) is 4. The SMILES string of the molecule is CC(=O)CC(=O)OCCc1ccc(O[Si](C)(C)C(C)(C)C)cc1. The summed E-state index contributed by atoms with van der Waals surface area (Å²) in [6.45, 7) is 12.7. The lowest BCUT2D eigenvalue weighted by Gasteiger charge is -2.36. The molecular weight excluding hydrogens is 308 g/mol. The zero-order valence-corrected chi connectivity index (χ0v) is 16.1. The Kier molecular flexibility index (Phi) is 6.56. The monoisotopic (exact) mass is 336 g/mol. The first-order chi connectivity index (χ1) is 10.5. The highest BCUT2D eigenvalue weighted by Gasteiger charge is 2.38. The Bertz CT molecular complexity index is 541. The van der Waals surface area contributed by atoms with Crippen LogP contribution in [0.5, 0.6) is 5.75 Å². The lowest BCUT2D eigenvalue weighted by Crippen LogP contribution is -2.43. The first-order valence-corrected chi connectivity index (χ1v) is 10.8. The zero-order chi connectivity index (χ0) is 17.7. The number of Topliss-reactive ketones (excluding diaryl/α,β-unsaturated/α-hetero) is 1. The van der Waals surface area contributed by atoms with Gasteiger partial charge in [0.1, 0.15) is 18.0 Å². The van der Waals surface area contributed by atoms with Crippen LogP contribution in [-0.2, 0) is 20.7 Å². The molecule has 128 valence electrons. The Morgan fingerprint density at radius 1 is 1.09 bits per heavy atom. The second-order valence-electron chi connectivity index (χ2n) is 7.36. The smallest absolute Gasteiger partial charge is 0.313 e. The Hall–Kier alpha value is -1.62. The molecule has 1 aromatic rings. The molecule has 23 heavy (non-hydrogen) atoms. The maximum Gasteiger partial charge on any atom is 0.313 e. The third-order valence-electron chi connectivity index (χ3n) is 4.15. The van der Waals surface area contributed by atoms with E-state index in [-0.39, 0.29) is 23.8 Å². The van der Waals surface area contributed by atoms with Gasteiger partial charge in [-0.05, 0) is 42.8 Å². The van der Waals surface area contributed by atoms with Gasteiger partial charge in [-0.3, -0.25) is 9.59 Å². The molecule has 0 saturated heterocycles. The first-order valence-electron chi connectivity index (χ1n) is 7.94. The molecule has 0 amide bonds. The van der Waals surface area contributed by atoms with E-state index in [4.69, 9.17) is 9.16 Å². The van der Waals surface area contributed by atoms with E-state index in [9.17, 15) is 9.59 Å². The van der Waals surface area contributed by atoms with Gasteiger partial charge in [-0.2, -0.15) is 0 Å². The van der Waals surface area contributed by atoms with Crippen LogP contribution < -0.4 is 4.43 Å². The summed E-state index contributed by atoms with van der Waals surface area (Å²) in [6, 6.07) is 7.91. The summed E-state index contributed by atoms with van der Waals surface area (Å²) in [5.41, 5.74) is 1.07. The van der Waals surface area contributed by atoms with Crippen LogP contribution in [0.2, 0.25) is 18.1 Å². The molecule has 0 unspecified atom stereocenters. The Morgan fingerprint density at radius 3 is 2.13 bits per heavy atom. The molecule has 0 aromatic heterocycles. The molecule has 1 rings (SSSR count). The molecule has 0 aliphatic rings. The van der Waals surface area contributed by atoms with E-state index < -0.39 is 14.3 Å². The predicted octanol–water partition coefficient (Wildman–Crippen LogP) is 4.14. The molecule has 0 aliphatic carbocycles. The van der Waals surface area contributed by atoms with Crippen LogP contribution in [0.25, 0.3) is 0 Å². The van der Waals surface area contributed by atoms with E-state index in [1.54, 1.807) is 0 Å². The molecule has 0 heterocycles. The van der Waals surface area contributed by atoms with E-state index in [1.807, 2.05) is 24.3 Å². The molecule has 4 nitrogen and oxygen atoms in total. The third-order valence-corrected chi connectivity index (χ3v) is 8.51. The van der Waals surface area contributed by atoms with E-state index in [1.165, 1.54) is 6.92 Å². The summed E-state index contributed by atoms with van der Waals surface area (Å²) in [4.78, 5) is 22.1. The summed E-state index contributed by atoms with van der Waals surface area (Å²) in [5, 5.41) is 0.163. The highest BCUT2D eigenvalue weighted by molar-refractivity contribution is 6.74. The lowest BCUT2D eigenvalue weighted by atomic mass is 10.1. The van der Waals surface area contributed by atoms with Gasteiger partial charge >= 0.3 is 5.97 Å². The van der Waals surface area contributed by atoms with Gasteiger partial charge in [0.2, 0.25) is 8.32 Å². The average Bonchev–Trinajstić information content (AvgIpc) is 2.38. The van der Waals surface area contributed by atoms with Gasteiger partial charge < -0.3 is 9.16 Å². The van der Waals surface area contributed by atoms with Gasteiger partial charge in [0.15, 0.2) is 0 Å². The van der Waals surface area contributed by atoms with Gasteiger partial charge in [0.05, 0.1) is 6.61 Å². The van der Waals surface area contributed by atoms with Crippen molar-refractivity contribution in [1.29, 1.82) is 0 Å². The number of carbonyl (C=O) groups excluding carboxylic acids is 2. The van der Waals surface area contributed by atoms with Crippen molar-refractivity contribution < 1.29 is 18.8 Å². The summed E-state index contributed by atoms with van der Waals surface area (Å²) >= 11 is 0. The lowest BCUT2D eigenvalue weighted by molar-refractivity contribution is -0.145. The van der Waals surface area contributed by atoms with Gasteiger partial charge in [-0.15, -0.1) is 0 Å². The van der Waals surface area contributed by atoms with E-state index in [0.717, 1.165) is 11.3 Å². The maximum atomic E-state index is 11.3. The largest absolute Gasteiger partial charge is 0.544 e. The standard InChI is InChI=1S/C18H28O4Si/c1-14(19)13-17(20)21-12-11-15-7-9-16(10-8-15)22-23(5,6)18(2,3)4/h7-10H,11-13H2,1-6H3.